The summed E-state index contributed by atoms with van der Waals surface area (Å²) in [5.74, 6) is -1.95. The van der Waals surface area contributed by atoms with Crippen LogP contribution in [0.25, 0.3) is 0 Å². The van der Waals surface area contributed by atoms with Gasteiger partial charge in [-0.05, 0) is 30.7 Å². The van der Waals surface area contributed by atoms with Crippen LogP contribution in [0.5, 0.6) is 0 Å². The summed E-state index contributed by atoms with van der Waals surface area (Å²) in [6.45, 7) is 1.06. The second-order valence-corrected chi connectivity index (χ2v) is 3.60. The third-order valence-corrected chi connectivity index (χ3v) is 2.28. The molecule has 0 fully saturated rings. The molecule has 94 valence electrons. The lowest BCUT2D eigenvalue weighted by atomic mass is 10.2. The van der Waals surface area contributed by atoms with Gasteiger partial charge in [-0.1, -0.05) is 6.07 Å². The largest absolute Gasteiger partial charge is 0.469 e. The minimum Gasteiger partial charge on any atom is -0.469 e. The SMILES string of the molecule is COC(=O)CCCNCc1ccc(F)c(F)c1. The number of carbonyl (C=O) groups excluding carboxylic acids is 1. The third-order valence-electron chi connectivity index (χ3n) is 2.28. The lowest BCUT2D eigenvalue weighted by Gasteiger charge is -2.05. The van der Waals surface area contributed by atoms with Crippen LogP contribution in [0.3, 0.4) is 0 Å². The van der Waals surface area contributed by atoms with Gasteiger partial charge in [0.2, 0.25) is 0 Å². The molecule has 0 spiro atoms. The number of ether oxygens (including phenoxy) is 1. The van der Waals surface area contributed by atoms with E-state index in [9.17, 15) is 13.6 Å². The van der Waals surface area contributed by atoms with E-state index in [1.54, 1.807) is 0 Å². The van der Waals surface area contributed by atoms with E-state index >= 15 is 0 Å². The third kappa shape index (κ3) is 4.91. The zero-order valence-corrected chi connectivity index (χ0v) is 9.63. The average Bonchev–Trinajstić information content (AvgIpc) is 2.33. The van der Waals surface area contributed by atoms with Gasteiger partial charge < -0.3 is 10.1 Å². The van der Waals surface area contributed by atoms with Crippen molar-refractivity contribution in [2.75, 3.05) is 13.7 Å². The van der Waals surface area contributed by atoms with E-state index in [0.29, 0.717) is 31.5 Å². The summed E-state index contributed by atoms with van der Waals surface area (Å²) in [5, 5.41) is 3.03. The van der Waals surface area contributed by atoms with Crippen molar-refractivity contribution in [2.45, 2.75) is 19.4 Å². The van der Waals surface area contributed by atoms with Crippen LogP contribution in [-0.4, -0.2) is 19.6 Å². The van der Waals surface area contributed by atoms with Crippen molar-refractivity contribution in [3.8, 4) is 0 Å². The summed E-state index contributed by atoms with van der Waals surface area (Å²) in [6.07, 6.45) is 0.998. The van der Waals surface area contributed by atoms with Crippen molar-refractivity contribution in [1.82, 2.24) is 5.32 Å². The normalized spacial score (nSPS) is 10.3. The van der Waals surface area contributed by atoms with Crippen LogP contribution in [0.15, 0.2) is 18.2 Å². The first kappa shape index (κ1) is 13.6. The zero-order chi connectivity index (χ0) is 12.7. The molecule has 1 aromatic carbocycles. The second kappa shape index (κ2) is 6.96. The number of rotatable bonds is 6. The Bertz CT molecular complexity index is 383. The summed E-state index contributed by atoms with van der Waals surface area (Å²) in [4.78, 5) is 10.8. The Balaban J connectivity index is 2.22. The van der Waals surface area contributed by atoms with Crippen molar-refractivity contribution >= 4 is 5.97 Å². The molecule has 0 aromatic heterocycles. The maximum Gasteiger partial charge on any atom is 0.305 e. The first-order valence-electron chi connectivity index (χ1n) is 5.35. The van der Waals surface area contributed by atoms with Crippen LogP contribution in [0.1, 0.15) is 18.4 Å². The second-order valence-electron chi connectivity index (χ2n) is 3.60. The summed E-state index contributed by atoms with van der Waals surface area (Å²) < 4.78 is 30.0. The fourth-order valence-electron chi connectivity index (χ4n) is 1.34. The van der Waals surface area contributed by atoms with E-state index in [2.05, 4.69) is 10.1 Å². The predicted octanol–water partition coefficient (Wildman–Crippen LogP) is 2.01. The molecular formula is C12H15F2NO2. The monoisotopic (exact) mass is 243 g/mol. The molecule has 1 aromatic rings. The van der Waals surface area contributed by atoms with Crippen molar-refractivity contribution < 1.29 is 18.3 Å². The number of halogens is 2. The Morgan fingerprint density at radius 3 is 2.76 bits per heavy atom. The van der Waals surface area contributed by atoms with Gasteiger partial charge in [0, 0.05) is 13.0 Å². The minimum atomic E-state index is -0.848. The Morgan fingerprint density at radius 2 is 2.12 bits per heavy atom. The fourth-order valence-corrected chi connectivity index (χ4v) is 1.34. The molecule has 0 unspecified atom stereocenters. The van der Waals surface area contributed by atoms with E-state index in [4.69, 9.17) is 0 Å². The molecule has 0 aliphatic carbocycles. The van der Waals surface area contributed by atoms with Gasteiger partial charge in [-0.25, -0.2) is 8.78 Å². The molecular weight excluding hydrogens is 228 g/mol. The van der Waals surface area contributed by atoms with Crippen LogP contribution in [0.4, 0.5) is 8.78 Å². The molecule has 1 N–H and O–H groups in total. The van der Waals surface area contributed by atoms with E-state index in [1.807, 2.05) is 0 Å². The van der Waals surface area contributed by atoms with Crippen molar-refractivity contribution in [3.05, 3.63) is 35.4 Å². The highest BCUT2D eigenvalue weighted by atomic mass is 19.2. The molecule has 0 radical (unpaired) electrons. The lowest BCUT2D eigenvalue weighted by molar-refractivity contribution is -0.140. The first-order chi connectivity index (χ1) is 8.13. The molecule has 17 heavy (non-hydrogen) atoms. The van der Waals surface area contributed by atoms with Crippen molar-refractivity contribution in [3.63, 3.8) is 0 Å². The Morgan fingerprint density at radius 1 is 1.35 bits per heavy atom. The number of methoxy groups -OCH3 is 1. The molecule has 0 atom stereocenters. The topological polar surface area (TPSA) is 38.3 Å². The molecule has 0 saturated heterocycles. The van der Waals surface area contributed by atoms with Gasteiger partial charge in [-0.15, -0.1) is 0 Å². The van der Waals surface area contributed by atoms with Gasteiger partial charge in [0.15, 0.2) is 11.6 Å². The molecule has 0 bridgehead atoms. The van der Waals surface area contributed by atoms with Gasteiger partial charge in [-0.2, -0.15) is 0 Å². The molecule has 0 amide bonds. The average molecular weight is 243 g/mol. The predicted molar refractivity (Wildman–Crippen MR) is 59.3 cm³/mol. The smallest absolute Gasteiger partial charge is 0.305 e. The summed E-state index contributed by atoms with van der Waals surface area (Å²) >= 11 is 0. The molecule has 5 heteroatoms. The van der Waals surface area contributed by atoms with Gasteiger partial charge in [0.25, 0.3) is 0 Å². The maximum atomic E-state index is 12.8. The van der Waals surface area contributed by atoms with Gasteiger partial charge in [-0.3, -0.25) is 4.79 Å². The van der Waals surface area contributed by atoms with Gasteiger partial charge in [0.1, 0.15) is 0 Å². The molecule has 3 nitrogen and oxygen atoms in total. The number of benzene rings is 1. The van der Waals surface area contributed by atoms with Crippen LogP contribution in [-0.2, 0) is 16.1 Å². The van der Waals surface area contributed by atoms with E-state index in [-0.39, 0.29) is 5.97 Å². The molecule has 0 aliphatic heterocycles. The molecule has 1 rings (SSSR count). The summed E-state index contributed by atoms with van der Waals surface area (Å²) in [6, 6.07) is 3.77. The number of nitrogens with one attached hydrogen (secondary N) is 1. The molecule has 0 heterocycles. The standard InChI is InChI=1S/C12H15F2NO2/c1-17-12(16)3-2-6-15-8-9-4-5-10(13)11(14)7-9/h4-5,7,15H,2-3,6,8H2,1H3. The number of hydrogen-bond donors (Lipinski definition) is 1. The van der Waals surface area contributed by atoms with E-state index in [0.717, 1.165) is 12.1 Å². The van der Waals surface area contributed by atoms with Crippen LogP contribution in [0, 0.1) is 11.6 Å². The summed E-state index contributed by atoms with van der Waals surface area (Å²) in [7, 11) is 1.34. The highest BCUT2D eigenvalue weighted by Gasteiger charge is 2.02. The quantitative estimate of drug-likeness (QED) is 0.613. The number of hydrogen-bond acceptors (Lipinski definition) is 3. The molecule has 0 aliphatic rings. The first-order valence-corrected chi connectivity index (χ1v) is 5.35. The highest BCUT2D eigenvalue weighted by Crippen LogP contribution is 2.08. The van der Waals surface area contributed by atoms with Crippen LogP contribution < -0.4 is 5.32 Å². The maximum absolute atomic E-state index is 12.8. The Kier molecular flexibility index (Phi) is 5.56. The van der Waals surface area contributed by atoms with Crippen LogP contribution >= 0.6 is 0 Å². The summed E-state index contributed by atoms with van der Waals surface area (Å²) in [5.41, 5.74) is 0.668. The number of esters is 1. The van der Waals surface area contributed by atoms with Crippen molar-refractivity contribution in [2.24, 2.45) is 0 Å². The highest BCUT2D eigenvalue weighted by molar-refractivity contribution is 5.69. The molecule has 0 saturated carbocycles. The minimum absolute atomic E-state index is 0.250. The fraction of sp³-hybridized carbons (Fsp3) is 0.417. The van der Waals surface area contributed by atoms with Gasteiger partial charge in [0.05, 0.1) is 7.11 Å². The van der Waals surface area contributed by atoms with Crippen LogP contribution in [0.2, 0.25) is 0 Å². The Labute approximate surface area is 98.8 Å². The van der Waals surface area contributed by atoms with E-state index < -0.39 is 11.6 Å². The zero-order valence-electron chi connectivity index (χ0n) is 9.63. The number of carbonyl (C=O) groups is 1. The Hall–Kier alpha value is -1.49. The van der Waals surface area contributed by atoms with Gasteiger partial charge >= 0.3 is 5.97 Å². The lowest BCUT2D eigenvalue weighted by Crippen LogP contribution is -2.16. The van der Waals surface area contributed by atoms with E-state index in [1.165, 1.54) is 13.2 Å². The van der Waals surface area contributed by atoms with Crippen molar-refractivity contribution in [1.29, 1.82) is 0 Å².